The number of aryl methyl sites for hydroxylation is 1. The van der Waals surface area contributed by atoms with E-state index in [1.165, 1.54) is 16.5 Å². The summed E-state index contributed by atoms with van der Waals surface area (Å²) in [4.78, 5) is 4.45. The molecule has 0 fully saturated rings. The van der Waals surface area contributed by atoms with Crippen molar-refractivity contribution in [2.45, 2.75) is 33.1 Å². The molecular formula is C14H17N. The van der Waals surface area contributed by atoms with Crippen LogP contribution in [0, 0.1) is 6.92 Å². The van der Waals surface area contributed by atoms with E-state index in [2.05, 4.69) is 56.9 Å². The summed E-state index contributed by atoms with van der Waals surface area (Å²) >= 11 is 0. The molecule has 0 N–H and O–H groups in total. The Bertz CT molecular complexity index is 492. The van der Waals surface area contributed by atoms with Crippen LogP contribution in [-0.4, -0.2) is 4.98 Å². The van der Waals surface area contributed by atoms with E-state index in [0.29, 0.717) is 0 Å². The van der Waals surface area contributed by atoms with Crippen molar-refractivity contribution < 1.29 is 0 Å². The summed E-state index contributed by atoms with van der Waals surface area (Å²) in [7, 11) is 0. The minimum Gasteiger partial charge on any atom is -0.256 e. The summed E-state index contributed by atoms with van der Waals surface area (Å²) in [6, 6.07) is 8.58. The highest BCUT2D eigenvalue weighted by atomic mass is 14.6. The van der Waals surface area contributed by atoms with Crippen LogP contribution in [0.15, 0.2) is 30.5 Å². The first-order chi connectivity index (χ1) is 6.98. The summed E-state index contributed by atoms with van der Waals surface area (Å²) in [5.41, 5.74) is 3.86. The van der Waals surface area contributed by atoms with Crippen LogP contribution < -0.4 is 0 Å². The van der Waals surface area contributed by atoms with Gasteiger partial charge in [0.05, 0.1) is 5.52 Å². The number of hydrogen-bond donors (Lipinski definition) is 0. The van der Waals surface area contributed by atoms with Crippen LogP contribution >= 0.6 is 0 Å². The second-order valence-electron chi connectivity index (χ2n) is 5.13. The van der Waals surface area contributed by atoms with Gasteiger partial charge in [-0.05, 0) is 35.6 Å². The average Bonchev–Trinajstić information content (AvgIpc) is 2.15. The number of benzene rings is 1. The molecule has 1 heterocycles. The maximum absolute atomic E-state index is 4.45. The van der Waals surface area contributed by atoms with Crippen LogP contribution in [0.3, 0.4) is 0 Å². The maximum atomic E-state index is 4.45. The number of aromatic nitrogens is 1. The van der Waals surface area contributed by atoms with Gasteiger partial charge in [-0.25, -0.2) is 0 Å². The summed E-state index contributed by atoms with van der Waals surface area (Å²) in [6.45, 7) is 8.81. The Morgan fingerprint density at radius 1 is 1.13 bits per heavy atom. The van der Waals surface area contributed by atoms with E-state index in [-0.39, 0.29) is 5.41 Å². The Hall–Kier alpha value is -1.37. The molecule has 0 atom stereocenters. The molecule has 0 aliphatic heterocycles. The highest BCUT2D eigenvalue weighted by Gasteiger charge is 2.16. The lowest BCUT2D eigenvalue weighted by Gasteiger charge is -2.21. The zero-order chi connectivity index (χ0) is 11.1. The Morgan fingerprint density at radius 3 is 2.53 bits per heavy atom. The van der Waals surface area contributed by atoms with Crippen LogP contribution in [0.5, 0.6) is 0 Å². The predicted molar refractivity (Wildman–Crippen MR) is 65.2 cm³/mol. The van der Waals surface area contributed by atoms with E-state index in [1.54, 1.807) is 0 Å². The Labute approximate surface area is 91.2 Å². The van der Waals surface area contributed by atoms with E-state index in [9.17, 15) is 0 Å². The molecule has 0 saturated carbocycles. The van der Waals surface area contributed by atoms with Gasteiger partial charge in [-0.15, -0.1) is 0 Å². The van der Waals surface area contributed by atoms with Crippen molar-refractivity contribution in [3.05, 3.63) is 41.6 Å². The van der Waals surface area contributed by atoms with Crippen molar-refractivity contribution in [3.63, 3.8) is 0 Å². The molecule has 0 spiro atoms. The topological polar surface area (TPSA) is 12.9 Å². The van der Waals surface area contributed by atoms with Crippen molar-refractivity contribution in [3.8, 4) is 0 Å². The average molecular weight is 199 g/mol. The van der Waals surface area contributed by atoms with Crippen molar-refractivity contribution >= 4 is 10.9 Å². The number of fused-ring (bicyclic) bond motifs is 1. The van der Waals surface area contributed by atoms with E-state index in [1.807, 2.05) is 6.20 Å². The standard InChI is InChI=1S/C14H17N/c1-10-8-11-12(14(2,3)4)6-5-7-13(11)15-9-10/h5-9H,1-4H3. The van der Waals surface area contributed by atoms with Crippen LogP contribution in [0.2, 0.25) is 0 Å². The minimum absolute atomic E-state index is 0.176. The number of nitrogens with zero attached hydrogens (tertiary/aromatic N) is 1. The van der Waals surface area contributed by atoms with Crippen molar-refractivity contribution in [2.24, 2.45) is 0 Å². The van der Waals surface area contributed by atoms with Gasteiger partial charge < -0.3 is 0 Å². The molecule has 0 radical (unpaired) electrons. The van der Waals surface area contributed by atoms with Crippen molar-refractivity contribution in [1.29, 1.82) is 0 Å². The van der Waals surface area contributed by atoms with Crippen molar-refractivity contribution in [2.75, 3.05) is 0 Å². The van der Waals surface area contributed by atoms with Gasteiger partial charge in [0.2, 0.25) is 0 Å². The zero-order valence-electron chi connectivity index (χ0n) is 9.83. The second-order valence-corrected chi connectivity index (χ2v) is 5.13. The molecule has 2 rings (SSSR count). The summed E-state index contributed by atoms with van der Waals surface area (Å²) in [5, 5.41) is 1.28. The molecule has 0 aliphatic carbocycles. The summed E-state index contributed by atoms with van der Waals surface area (Å²) < 4.78 is 0. The minimum atomic E-state index is 0.176. The van der Waals surface area contributed by atoms with E-state index in [4.69, 9.17) is 0 Å². The smallest absolute Gasteiger partial charge is 0.0705 e. The van der Waals surface area contributed by atoms with Crippen molar-refractivity contribution in [1.82, 2.24) is 4.98 Å². The molecule has 1 aromatic heterocycles. The third kappa shape index (κ3) is 1.87. The Morgan fingerprint density at radius 2 is 1.87 bits per heavy atom. The normalized spacial score (nSPS) is 12.0. The first kappa shape index (κ1) is 10.2. The van der Waals surface area contributed by atoms with Gasteiger partial charge in [-0.2, -0.15) is 0 Å². The van der Waals surface area contributed by atoms with Gasteiger partial charge in [-0.3, -0.25) is 4.98 Å². The molecule has 15 heavy (non-hydrogen) atoms. The molecule has 0 saturated heterocycles. The Kier molecular flexibility index (Phi) is 2.26. The molecule has 0 aliphatic rings. The molecule has 0 unspecified atom stereocenters. The molecule has 1 nitrogen and oxygen atoms in total. The molecule has 0 amide bonds. The van der Waals surface area contributed by atoms with E-state index >= 15 is 0 Å². The monoisotopic (exact) mass is 199 g/mol. The number of hydrogen-bond acceptors (Lipinski definition) is 1. The van der Waals surface area contributed by atoms with Gasteiger partial charge in [0.25, 0.3) is 0 Å². The largest absolute Gasteiger partial charge is 0.256 e. The Balaban J connectivity index is 2.80. The van der Waals surface area contributed by atoms with Crippen LogP contribution in [-0.2, 0) is 5.41 Å². The maximum Gasteiger partial charge on any atom is 0.0705 e. The van der Waals surface area contributed by atoms with Gasteiger partial charge >= 0.3 is 0 Å². The summed E-state index contributed by atoms with van der Waals surface area (Å²) in [5.74, 6) is 0. The quantitative estimate of drug-likeness (QED) is 0.628. The van der Waals surface area contributed by atoms with Gasteiger partial charge in [0.15, 0.2) is 0 Å². The molecule has 1 heteroatoms. The number of rotatable bonds is 0. The second kappa shape index (κ2) is 3.34. The first-order valence-electron chi connectivity index (χ1n) is 5.34. The zero-order valence-corrected chi connectivity index (χ0v) is 9.83. The lowest BCUT2D eigenvalue weighted by molar-refractivity contribution is 0.596. The first-order valence-corrected chi connectivity index (χ1v) is 5.34. The SMILES string of the molecule is Cc1cnc2cccc(C(C)(C)C)c2c1. The van der Waals surface area contributed by atoms with Crippen LogP contribution in [0.1, 0.15) is 31.9 Å². The highest BCUT2D eigenvalue weighted by Crippen LogP contribution is 2.29. The van der Waals surface area contributed by atoms with Gasteiger partial charge in [0, 0.05) is 11.6 Å². The third-order valence-corrected chi connectivity index (χ3v) is 2.67. The molecule has 78 valence electrons. The van der Waals surface area contributed by atoms with E-state index < -0.39 is 0 Å². The van der Waals surface area contributed by atoms with Crippen LogP contribution in [0.25, 0.3) is 10.9 Å². The number of pyridine rings is 1. The van der Waals surface area contributed by atoms with Gasteiger partial charge in [-0.1, -0.05) is 32.9 Å². The van der Waals surface area contributed by atoms with E-state index in [0.717, 1.165) is 5.52 Å². The van der Waals surface area contributed by atoms with Crippen LogP contribution in [0.4, 0.5) is 0 Å². The fourth-order valence-corrected chi connectivity index (χ4v) is 1.91. The summed E-state index contributed by atoms with van der Waals surface area (Å²) in [6.07, 6.45) is 1.93. The molecule has 0 bridgehead atoms. The lowest BCUT2D eigenvalue weighted by Crippen LogP contribution is -2.11. The highest BCUT2D eigenvalue weighted by molar-refractivity contribution is 5.83. The predicted octanol–water partition coefficient (Wildman–Crippen LogP) is 3.84. The molecular weight excluding hydrogens is 182 g/mol. The lowest BCUT2D eigenvalue weighted by atomic mass is 9.84. The van der Waals surface area contributed by atoms with Gasteiger partial charge in [0.1, 0.15) is 0 Å². The molecule has 2 aromatic rings. The fraction of sp³-hybridized carbons (Fsp3) is 0.357. The fourth-order valence-electron chi connectivity index (χ4n) is 1.91. The molecule has 1 aromatic carbocycles. The third-order valence-electron chi connectivity index (χ3n) is 2.67.